The summed E-state index contributed by atoms with van der Waals surface area (Å²) in [4.78, 5) is 36.2. The molecule has 0 aliphatic rings. The maximum Gasteiger partial charge on any atom is 0.224 e. The van der Waals surface area contributed by atoms with E-state index in [1.54, 1.807) is 0 Å². The van der Waals surface area contributed by atoms with Crippen LogP contribution in [0.5, 0.6) is 0 Å². The number of unbranched alkanes of at least 4 members (excludes halogenated alkanes) is 2. The van der Waals surface area contributed by atoms with Crippen molar-refractivity contribution in [1.82, 2.24) is 10.6 Å². The highest BCUT2D eigenvalue weighted by atomic mass is 16.3. The molecule has 0 heterocycles. The summed E-state index contributed by atoms with van der Waals surface area (Å²) in [6, 6.07) is 0.196. The van der Waals surface area contributed by atoms with Crippen LogP contribution in [0.3, 0.4) is 0 Å². The predicted molar refractivity (Wildman–Crippen MR) is 119 cm³/mol. The molecule has 0 saturated carbocycles. The van der Waals surface area contributed by atoms with E-state index in [4.69, 9.17) is 0 Å². The predicted octanol–water partition coefficient (Wildman–Crippen LogP) is 2.72. The molecule has 7 heteroatoms. The number of rotatable bonds is 18. The van der Waals surface area contributed by atoms with E-state index in [0.717, 1.165) is 51.4 Å². The maximum atomic E-state index is 12.6. The minimum Gasteiger partial charge on any atom is -0.393 e. The van der Waals surface area contributed by atoms with Crippen molar-refractivity contribution >= 4 is 18.1 Å². The Morgan fingerprint density at radius 2 is 1.37 bits per heavy atom. The highest BCUT2D eigenvalue weighted by molar-refractivity contribution is 5.83. The second-order valence-corrected chi connectivity index (χ2v) is 8.51. The van der Waals surface area contributed by atoms with Crippen LogP contribution in [-0.2, 0) is 14.4 Å². The zero-order valence-electron chi connectivity index (χ0n) is 19.4. The highest BCUT2D eigenvalue weighted by Crippen LogP contribution is 2.21. The van der Waals surface area contributed by atoms with Crippen LogP contribution >= 0.6 is 0 Å². The molecule has 3 unspecified atom stereocenters. The topological polar surface area (TPSA) is 116 Å². The van der Waals surface area contributed by atoms with E-state index in [9.17, 15) is 24.6 Å². The second-order valence-electron chi connectivity index (χ2n) is 8.51. The molecule has 0 radical (unpaired) electrons. The summed E-state index contributed by atoms with van der Waals surface area (Å²) < 4.78 is 0. The lowest BCUT2D eigenvalue weighted by Crippen LogP contribution is -2.57. The molecule has 7 nitrogen and oxygen atoms in total. The standard InChI is InChI=1S/C23H44N2O5/c1-5-11-19(21(29)24-18(4)7-3)13-9-8-10-14-20(12-6-2)22(30)25-23(15-26,16-27)17-28/h15,18-20,27-28H,5-14,16-17H2,1-4H3,(H,24,29)(H,25,30). The smallest absolute Gasteiger partial charge is 0.224 e. The number of carbonyl (C=O) groups is 3. The van der Waals surface area contributed by atoms with Gasteiger partial charge in [0, 0.05) is 17.9 Å². The minimum absolute atomic E-state index is 0.0426. The number of carbonyl (C=O) groups excluding carboxylic acids is 3. The monoisotopic (exact) mass is 428 g/mol. The van der Waals surface area contributed by atoms with E-state index in [-0.39, 0.29) is 29.7 Å². The number of aliphatic hydroxyl groups excluding tert-OH is 2. The number of nitrogens with one attached hydrogen (secondary N) is 2. The zero-order chi connectivity index (χ0) is 23.0. The van der Waals surface area contributed by atoms with Gasteiger partial charge in [-0.15, -0.1) is 0 Å². The number of hydrogen-bond donors (Lipinski definition) is 4. The summed E-state index contributed by atoms with van der Waals surface area (Å²) in [6.07, 6.45) is 8.96. The first-order chi connectivity index (χ1) is 14.3. The molecule has 0 rings (SSSR count). The molecule has 0 aromatic rings. The van der Waals surface area contributed by atoms with E-state index < -0.39 is 18.8 Å². The molecule has 0 saturated heterocycles. The van der Waals surface area contributed by atoms with Gasteiger partial charge in [0.05, 0.1) is 13.2 Å². The molecule has 2 amide bonds. The van der Waals surface area contributed by atoms with Crippen LogP contribution in [0.15, 0.2) is 0 Å². The molecule has 3 atom stereocenters. The van der Waals surface area contributed by atoms with Crippen molar-refractivity contribution in [3.05, 3.63) is 0 Å². The Labute approximate surface area is 182 Å². The number of aliphatic hydroxyl groups is 2. The third kappa shape index (κ3) is 10.5. The second kappa shape index (κ2) is 16.3. The molecular formula is C23H44N2O5. The Morgan fingerprint density at radius 3 is 1.77 bits per heavy atom. The van der Waals surface area contributed by atoms with Crippen LogP contribution in [0.4, 0.5) is 0 Å². The van der Waals surface area contributed by atoms with Gasteiger partial charge in [0.1, 0.15) is 11.8 Å². The van der Waals surface area contributed by atoms with E-state index in [2.05, 4.69) is 24.5 Å². The largest absolute Gasteiger partial charge is 0.393 e. The SMILES string of the molecule is CCCC(CCCCCC(CCC)C(=O)NC(C=O)(CO)CO)C(=O)NC(C)CC. The minimum atomic E-state index is -1.61. The first kappa shape index (κ1) is 28.5. The lowest BCUT2D eigenvalue weighted by Gasteiger charge is -2.27. The van der Waals surface area contributed by atoms with Gasteiger partial charge in [-0.1, -0.05) is 52.9 Å². The average molecular weight is 429 g/mol. The van der Waals surface area contributed by atoms with Gasteiger partial charge in [0.25, 0.3) is 0 Å². The van der Waals surface area contributed by atoms with Crippen LogP contribution in [0.25, 0.3) is 0 Å². The fraction of sp³-hybridized carbons (Fsp3) is 0.870. The molecule has 30 heavy (non-hydrogen) atoms. The van der Waals surface area contributed by atoms with Gasteiger partial charge in [0.2, 0.25) is 11.8 Å². The average Bonchev–Trinajstić information content (AvgIpc) is 2.75. The summed E-state index contributed by atoms with van der Waals surface area (Å²) in [5, 5.41) is 24.3. The van der Waals surface area contributed by atoms with Gasteiger partial charge in [-0.05, 0) is 39.0 Å². The molecule has 0 aromatic carbocycles. The van der Waals surface area contributed by atoms with Crippen molar-refractivity contribution in [2.75, 3.05) is 13.2 Å². The highest BCUT2D eigenvalue weighted by Gasteiger charge is 2.32. The van der Waals surface area contributed by atoms with Crippen LogP contribution < -0.4 is 10.6 Å². The lowest BCUT2D eigenvalue weighted by molar-refractivity contribution is -0.132. The molecule has 4 N–H and O–H groups in total. The molecular weight excluding hydrogens is 384 g/mol. The summed E-state index contributed by atoms with van der Waals surface area (Å²) in [5.41, 5.74) is -1.61. The van der Waals surface area contributed by atoms with Gasteiger partial charge < -0.3 is 25.6 Å². The van der Waals surface area contributed by atoms with Crippen LogP contribution in [0.2, 0.25) is 0 Å². The Kier molecular flexibility index (Phi) is 15.5. The summed E-state index contributed by atoms with van der Waals surface area (Å²) >= 11 is 0. The van der Waals surface area contributed by atoms with E-state index in [1.807, 2.05) is 13.8 Å². The molecule has 0 bridgehead atoms. The number of hydrogen-bond acceptors (Lipinski definition) is 5. The lowest BCUT2D eigenvalue weighted by atomic mass is 9.91. The van der Waals surface area contributed by atoms with Gasteiger partial charge >= 0.3 is 0 Å². The van der Waals surface area contributed by atoms with Crippen molar-refractivity contribution in [1.29, 1.82) is 0 Å². The Balaban J connectivity index is 4.56. The van der Waals surface area contributed by atoms with Crippen molar-refractivity contribution < 1.29 is 24.6 Å². The molecule has 176 valence electrons. The molecule has 0 aliphatic carbocycles. The summed E-state index contributed by atoms with van der Waals surface area (Å²) in [7, 11) is 0. The normalized spacial score (nSPS) is 14.6. The quantitative estimate of drug-likeness (QED) is 0.198. The molecule has 0 spiro atoms. The fourth-order valence-electron chi connectivity index (χ4n) is 3.51. The maximum absolute atomic E-state index is 12.6. The van der Waals surface area contributed by atoms with Crippen molar-refractivity contribution in [2.24, 2.45) is 11.8 Å². The van der Waals surface area contributed by atoms with E-state index in [1.165, 1.54) is 0 Å². The van der Waals surface area contributed by atoms with Gasteiger partial charge in [-0.25, -0.2) is 0 Å². The fourth-order valence-corrected chi connectivity index (χ4v) is 3.51. The molecule has 0 fully saturated rings. The van der Waals surface area contributed by atoms with E-state index in [0.29, 0.717) is 19.1 Å². The molecule has 0 aromatic heterocycles. The number of amides is 2. The summed E-state index contributed by atoms with van der Waals surface area (Å²) in [5.74, 6) is -0.370. The molecule has 0 aliphatic heterocycles. The first-order valence-electron chi connectivity index (χ1n) is 11.6. The zero-order valence-corrected chi connectivity index (χ0v) is 19.4. The van der Waals surface area contributed by atoms with Crippen molar-refractivity contribution in [2.45, 2.75) is 103 Å². The Hall–Kier alpha value is -1.47. The number of aldehydes is 1. The Morgan fingerprint density at radius 1 is 0.867 bits per heavy atom. The van der Waals surface area contributed by atoms with Crippen LogP contribution in [0.1, 0.15) is 91.9 Å². The van der Waals surface area contributed by atoms with Gasteiger partial charge in [-0.2, -0.15) is 0 Å². The van der Waals surface area contributed by atoms with E-state index >= 15 is 0 Å². The third-order valence-electron chi connectivity index (χ3n) is 5.78. The first-order valence-corrected chi connectivity index (χ1v) is 11.6. The van der Waals surface area contributed by atoms with Crippen LogP contribution in [0, 0.1) is 11.8 Å². The van der Waals surface area contributed by atoms with Crippen molar-refractivity contribution in [3.8, 4) is 0 Å². The van der Waals surface area contributed by atoms with Crippen LogP contribution in [-0.4, -0.2) is 53.1 Å². The van der Waals surface area contributed by atoms with Gasteiger partial charge in [-0.3, -0.25) is 9.59 Å². The summed E-state index contributed by atoms with van der Waals surface area (Å²) in [6.45, 7) is 6.91. The van der Waals surface area contributed by atoms with Gasteiger partial charge in [0.15, 0.2) is 0 Å². The van der Waals surface area contributed by atoms with Crippen molar-refractivity contribution in [3.63, 3.8) is 0 Å². The third-order valence-corrected chi connectivity index (χ3v) is 5.78. The Bertz CT molecular complexity index is 494.